The second-order valence-electron chi connectivity index (χ2n) is 8.78. The molecule has 3 aromatic rings. The number of likely N-dealkylation sites (tertiary alicyclic amines) is 1. The molecule has 1 aliphatic heterocycles. The van der Waals surface area contributed by atoms with Crippen LogP contribution in [0.2, 0.25) is 0 Å². The molecule has 7 heteroatoms. The summed E-state index contributed by atoms with van der Waals surface area (Å²) < 4.78 is 0. The number of anilines is 1. The third-order valence-electron chi connectivity index (χ3n) is 6.25. The van der Waals surface area contributed by atoms with Gasteiger partial charge in [-0.25, -0.2) is 0 Å². The number of amides is 1. The van der Waals surface area contributed by atoms with Crippen LogP contribution in [0.25, 0.3) is 10.9 Å². The third-order valence-corrected chi connectivity index (χ3v) is 6.25. The van der Waals surface area contributed by atoms with Crippen molar-refractivity contribution >= 4 is 28.2 Å². The van der Waals surface area contributed by atoms with Crippen LogP contribution in [0.4, 0.5) is 5.69 Å². The molecule has 7 nitrogen and oxygen atoms in total. The number of carbonyl (C=O) groups is 1. The van der Waals surface area contributed by atoms with Gasteiger partial charge < -0.3 is 15.8 Å². The number of nitrogens with zero attached hydrogens (tertiary/aromatic N) is 2. The van der Waals surface area contributed by atoms with Gasteiger partial charge in [-0.3, -0.25) is 15.1 Å². The fourth-order valence-electron chi connectivity index (χ4n) is 4.40. The summed E-state index contributed by atoms with van der Waals surface area (Å²) in [4.78, 5) is 17.2. The number of carbonyl (C=O) groups excluding carboxylic acids is 1. The van der Waals surface area contributed by atoms with Gasteiger partial charge in [-0.1, -0.05) is 31.9 Å². The summed E-state index contributed by atoms with van der Waals surface area (Å²) in [5.74, 6) is -0.460. The molecule has 0 spiro atoms. The number of aromatic amines is 1. The smallest absolute Gasteiger partial charge is 0.248 e. The Morgan fingerprint density at radius 3 is 2.61 bits per heavy atom. The molecule has 1 amide bonds. The summed E-state index contributed by atoms with van der Waals surface area (Å²) in [6, 6.07) is 13.5. The first-order chi connectivity index (χ1) is 16.0. The number of H-pyrrole nitrogens is 1. The lowest BCUT2D eigenvalue weighted by atomic mass is 10.0. The molecule has 1 aliphatic rings. The molecule has 1 fully saturated rings. The van der Waals surface area contributed by atoms with E-state index in [2.05, 4.69) is 39.5 Å². The normalized spacial score (nSPS) is 15.1. The molecular weight excluding hydrogens is 414 g/mol. The van der Waals surface area contributed by atoms with E-state index in [1.165, 1.54) is 37.9 Å². The van der Waals surface area contributed by atoms with Crippen LogP contribution in [-0.2, 0) is 6.54 Å². The molecule has 5 N–H and O–H groups in total. The highest BCUT2D eigenvalue weighted by Gasteiger charge is 2.18. The van der Waals surface area contributed by atoms with Crippen molar-refractivity contribution in [1.29, 1.82) is 0 Å². The molecule has 0 aliphatic carbocycles. The maximum absolute atomic E-state index is 11.7. The number of nitrogens with one attached hydrogen (secondary N) is 2. The molecule has 0 bridgehead atoms. The lowest BCUT2D eigenvalue weighted by molar-refractivity contribution is 0.100. The van der Waals surface area contributed by atoms with E-state index in [1.807, 2.05) is 12.1 Å². The minimum atomic E-state index is -0.502. The highest BCUT2D eigenvalue weighted by molar-refractivity contribution is 6.14. The van der Waals surface area contributed by atoms with Crippen molar-refractivity contribution in [2.45, 2.75) is 52.0 Å². The van der Waals surface area contributed by atoms with Crippen LogP contribution in [0.15, 0.2) is 47.6 Å². The van der Waals surface area contributed by atoms with E-state index in [-0.39, 0.29) is 5.88 Å². The fraction of sp³-hybridized carbons (Fsp3) is 0.385. The molecule has 1 saturated heterocycles. The predicted octanol–water partition coefficient (Wildman–Crippen LogP) is 4.96. The van der Waals surface area contributed by atoms with Gasteiger partial charge in [-0.05, 0) is 74.7 Å². The van der Waals surface area contributed by atoms with Gasteiger partial charge in [-0.2, -0.15) is 5.10 Å². The number of unbranched alkanes of at least 4 members (excludes halogenated alkanes) is 1. The first-order valence-electron chi connectivity index (χ1n) is 11.8. The Morgan fingerprint density at radius 1 is 1.15 bits per heavy atom. The van der Waals surface area contributed by atoms with E-state index in [4.69, 9.17) is 5.73 Å². The number of aromatic nitrogens is 1. The van der Waals surface area contributed by atoms with Crippen molar-refractivity contribution < 1.29 is 9.90 Å². The number of fused-ring (bicyclic) bond motifs is 1. The van der Waals surface area contributed by atoms with Crippen LogP contribution in [-0.4, -0.2) is 39.7 Å². The molecule has 0 atom stereocenters. The average molecular weight is 448 g/mol. The zero-order chi connectivity index (χ0) is 23.2. The number of piperidine rings is 1. The highest BCUT2D eigenvalue weighted by Crippen LogP contribution is 2.30. The van der Waals surface area contributed by atoms with Gasteiger partial charge in [0.2, 0.25) is 5.91 Å². The Balaban J connectivity index is 1.56. The Kier molecular flexibility index (Phi) is 7.29. The average Bonchev–Trinajstić information content (AvgIpc) is 3.16. The number of hydrogen-bond donors (Lipinski definition) is 4. The quantitative estimate of drug-likeness (QED) is 0.275. The fourth-order valence-corrected chi connectivity index (χ4v) is 4.40. The summed E-state index contributed by atoms with van der Waals surface area (Å²) in [5.41, 5.74) is 13.3. The largest absolute Gasteiger partial charge is 0.494 e. The Bertz CT molecular complexity index is 1130. The van der Waals surface area contributed by atoms with Crippen LogP contribution >= 0.6 is 0 Å². The molecule has 174 valence electrons. The first-order valence-corrected chi connectivity index (χ1v) is 11.8. The molecule has 0 unspecified atom stereocenters. The summed E-state index contributed by atoms with van der Waals surface area (Å²) >= 11 is 0. The van der Waals surface area contributed by atoms with Gasteiger partial charge in [0.25, 0.3) is 0 Å². The van der Waals surface area contributed by atoms with Crippen LogP contribution in [0.3, 0.4) is 0 Å². The molecule has 33 heavy (non-hydrogen) atoms. The van der Waals surface area contributed by atoms with Crippen LogP contribution in [0, 0.1) is 0 Å². The minimum absolute atomic E-state index is 0.0418. The number of rotatable bonds is 9. The maximum atomic E-state index is 11.7. The molecule has 1 aromatic heterocycles. The summed E-state index contributed by atoms with van der Waals surface area (Å²) in [7, 11) is 0. The van der Waals surface area contributed by atoms with Gasteiger partial charge >= 0.3 is 0 Å². The number of primary amides is 1. The van der Waals surface area contributed by atoms with Crippen molar-refractivity contribution in [3.05, 3.63) is 59.2 Å². The van der Waals surface area contributed by atoms with Gasteiger partial charge in [0, 0.05) is 23.0 Å². The Morgan fingerprint density at radius 2 is 1.91 bits per heavy atom. The molecule has 4 rings (SSSR count). The van der Waals surface area contributed by atoms with E-state index in [9.17, 15) is 9.90 Å². The van der Waals surface area contributed by atoms with Gasteiger partial charge in [-0.15, -0.1) is 0 Å². The maximum Gasteiger partial charge on any atom is 0.248 e. The lowest BCUT2D eigenvalue weighted by Crippen LogP contribution is -2.29. The Labute approximate surface area is 194 Å². The molecule has 2 heterocycles. The van der Waals surface area contributed by atoms with Crippen molar-refractivity contribution in [2.75, 3.05) is 18.5 Å². The van der Waals surface area contributed by atoms with Crippen LogP contribution in [0.1, 0.15) is 66.9 Å². The summed E-state index contributed by atoms with van der Waals surface area (Å²) in [6.07, 6.45) is 6.54. The third kappa shape index (κ3) is 5.54. The summed E-state index contributed by atoms with van der Waals surface area (Å²) in [5, 5.41) is 16.0. The topological polar surface area (TPSA) is 107 Å². The van der Waals surface area contributed by atoms with Crippen molar-refractivity contribution in [1.82, 2.24) is 9.88 Å². The SMILES string of the molecule is CCCC/C(=N\Nc1ccc(CN2CCCCC2)cc1)c1c(O)[nH]c2ccc(C(N)=O)cc12. The Hall–Kier alpha value is -3.32. The number of hydrogen-bond acceptors (Lipinski definition) is 5. The van der Waals surface area contributed by atoms with Crippen LogP contribution in [0.5, 0.6) is 5.88 Å². The zero-order valence-corrected chi connectivity index (χ0v) is 19.2. The number of benzene rings is 2. The highest BCUT2D eigenvalue weighted by atomic mass is 16.3. The first kappa shape index (κ1) is 22.9. The van der Waals surface area contributed by atoms with E-state index < -0.39 is 5.91 Å². The molecule has 2 aromatic carbocycles. The molecular formula is C26H33N5O2. The van der Waals surface area contributed by atoms with E-state index in [1.54, 1.807) is 18.2 Å². The van der Waals surface area contributed by atoms with Crippen molar-refractivity contribution in [3.8, 4) is 5.88 Å². The standard InChI is InChI=1S/C26H33N5O2/c1-2-3-7-23(24-21-16-19(25(27)32)10-13-22(21)28-26(24)33)30-29-20-11-8-18(9-12-20)17-31-14-5-4-6-15-31/h8-13,16,28-29,33H,2-7,14-15,17H2,1H3,(H2,27,32)/b30-23+. The predicted molar refractivity (Wildman–Crippen MR) is 134 cm³/mol. The van der Waals surface area contributed by atoms with Crippen molar-refractivity contribution in [2.24, 2.45) is 10.8 Å². The van der Waals surface area contributed by atoms with Gasteiger partial charge in [0.15, 0.2) is 5.88 Å². The van der Waals surface area contributed by atoms with E-state index in [0.29, 0.717) is 17.5 Å². The monoisotopic (exact) mass is 447 g/mol. The minimum Gasteiger partial charge on any atom is -0.494 e. The lowest BCUT2D eigenvalue weighted by Gasteiger charge is -2.26. The second kappa shape index (κ2) is 10.5. The van der Waals surface area contributed by atoms with Crippen molar-refractivity contribution in [3.63, 3.8) is 0 Å². The van der Waals surface area contributed by atoms with Gasteiger partial charge in [0.05, 0.1) is 17.0 Å². The zero-order valence-electron chi connectivity index (χ0n) is 19.2. The van der Waals surface area contributed by atoms with E-state index >= 15 is 0 Å². The number of aromatic hydroxyl groups is 1. The summed E-state index contributed by atoms with van der Waals surface area (Å²) in [6.45, 7) is 5.45. The molecule has 0 radical (unpaired) electrons. The molecule has 0 saturated carbocycles. The van der Waals surface area contributed by atoms with E-state index in [0.717, 1.165) is 41.7 Å². The van der Waals surface area contributed by atoms with Gasteiger partial charge in [0.1, 0.15) is 0 Å². The van der Waals surface area contributed by atoms with Crippen LogP contribution < -0.4 is 11.2 Å². The number of nitrogens with two attached hydrogens (primary N) is 1. The second-order valence-corrected chi connectivity index (χ2v) is 8.78. The number of hydrazone groups is 1.